The van der Waals surface area contributed by atoms with E-state index in [0.717, 1.165) is 29.5 Å². The minimum atomic E-state index is -3.36. The molecule has 8 heteroatoms. The minimum absolute atomic E-state index is 0.0398. The van der Waals surface area contributed by atoms with Gasteiger partial charge in [-0.1, -0.05) is 0 Å². The maximum atomic E-state index is 13.0. The summed E-state index contributed by atoms with van der Waals surface area (Å²) in [6.45, 7) is 6.80. The van der Waals surface area contributed by atoms with E-state index in [4.69, 9.17) is 4.42 Å². The van der Waals surface area contributed by atoms with E-state index in [2.05, 4.69) is 10.3 Å². The molecule has 2 fully saturated rings. The van der Waals surface area contributed by atoms with E-state index in [-0.39, 0.29) is 23.3 Å². The van der Waals surface area contributed by atoms with Crippen molar-refractivity contribution in [2.75, 3.05) is 13.1 Å². The van der Waals surface area contributed by atoms with Crippen LogP contribution < -0.4 is 5.32 Å². The van der Waals surface area contributed by atoms with Crippen LogP contribution in [-0.2, 0) is 14.8 Å². The average Bonchev–Trinajstić information content (AvgIpc) is 3.03. The van der Waals surface area contributed by atoms with Crippen molar-refractivity contribution >= 4 is 27.0 Å². The first-order chi connectivity index (χ1) is 13.6. The van der Waals surface area contributed by atoms with E-state index >= 15 is 0 Å². The van der Waals surface area contributed by atoms with Crippen LogP contribution in [0.25, 0.3) is 11.1 Å². The summed E-state index contributed by atoms with van der Waals surface area (Å²) in [5, 5.41) is 2.51. The Bertz CT molecular complexity index is 994. The van der Waals surface area contributed by atoms with Gasteiger partial charge in [0.2, 0.25) is 15.9 Å². The molecule has 0 unspecified atom stereocenters. The Balaban J connectivity index is 1.34. The van der Waals surface area contributed by atoms with E-state index in [1.807, 2.05) is 32.9 Å². The smallest absolute Gasteiger partial charge is 0.223 e. The van der Waals surface area contributed by atoms with Gasteiger partial charge < -0.3 is 9.73 Å². The zero-order chi connectivity index (χ0) is 20.8. The summed E-state index contributed by atoms with van der Waals surface area (Å²) in [6.07, 6.45) is 5.86. The number of carbonyl (C=O) groups is 1. The number of aromatic nitrogens is 1. The van der Waals surface area contributed by atoms with Gasteiger partial charge >= 0.3 is 0 Å². The van der Waals surface area contributed by atoms with Crippen LogP contribution in [0.4, 0.5) is 0 Å². The normalized spacial score (nSPS) is 24.4. The second kappa shape index (κ2) is 7.40. The van der Waals surface area contributed by atoms with Crippen molar-refractivity contribution in [3.63, 3.8) is 0 Å². The van der Waals surface area contributed by atoms with Gasteiger partial charge in [0.1, 0.15) is 5.52 Å². The number of piperidine rings is 1. The molecule has 1 aliphatic heterocycles. The lowest BCUT2D eigenvalue weighted by Gasteiger charge is -2.40. The zero-order valence-electron chi connectivity index (χ0n) is 17.2. The number of hydrogen-bond donors (Lipinski definition) is 1. The lowest BCUT2D eigenvalue weighted by atomic mass is 9.83. The van der Waals surface area contributed by atoms with Gasteiger partial charge in [-0.2, -0.15) is 0 Å². The maximum absolute atomic E-state index is 13.0. The lowest BCUT2D eigenvalue weighted by Crippen LogP contribution is -2.53. The van der Waals surface area contributed by atoms with Gasteiger partial charge in [-0.05, 0) is 64.5 Å². The van der Waals surface area contributed by atoms with Gasteiger partial charge in [0.25, 0.3) is 0 Å². The van der Waals surface area contributed by atoms with Crippen LogP contribution in [0.2, 0.25) is 0 Å². The number of fused-ring (bicyclic) bond motifs is 1. The first-order valence-corrected chi connectivity index (χ1v) is 11.8. The highest BCUT2D eigenvalue weighted by molar-refractivity contribution is 7.89. The molecule has 1 aliphatic carbocycles. The average molecular weight is 420 g/mol. The summed E-state index contributed by atoms with van der Waals surface area (Å²) < 4.78 is 33.2. The summed E-state index contributed by atoms with van der Waals surface area (Å²) in [5.41, 5.74) is 2.42. The SMILES string of the molecule is CC(C)(C)NC(=O)C1CC(S(=O)(=O)N2CCC(c3coc4cccnc34)CC2)C1. The molecule has 0 spiro atoms. The predicted octanol–water partition coefficient (Wildman–Crippen LogP) is 3.03. The van der Waals surface area contributed by atoms with Crippen LogP contribution in [0.3, 0.4) is 0 Å². The molecule has 1 saturated carbocycles. The van der Waals surface area contributed by atoms with Crippen molar-refractivity contribution in [3.8, 4) is 0 Å². The van der Waals surface area contributed by atoms with Crippen molar-refractivity contribution in [1.82, 2.24) is 14.6 Å². The third kappa shape index (κ3) is 4.05. The fourth-order valence-electron chi connectivity index (χ4n) is 4.30. The van der Waals surface area contributed by atoms with Crippen LogP contribution in [0.5, 0.6) is 0 Å². The highest BCUT2D eigenvalue weighted by atomic mass is 32.2. The molecule has 4 rings (SSSR count). The molecule has 0 bridgehead atoms. The van der Waals surface area contributed by atoms with Crippen molar-refractivity contribution in [2.24, 2.45) is 5.92 Å². The van der Waals surface area contributed by atoms with Crippen molar-refractivity contribution < 1.29 is 17.6 Å². The number of amides is 1. The van der Waals surface area contributed by atoms with Crippen molar-refractivity contribution in [1.29, 1.82) is 0 Å². The summed E-state index contributed by atoms with van der Waals surface area (Å²) in [7, 11) is -3.36. The molecule has 1 amide bonds. The number of pyridine rings is 1. The maximum Gasteiger partial charge on any atom is 0.223 e. The number of furan rings is 1. The van der Waals surface area contributed by atoms with Gasteiger partial charge in [0.15, 0.2) is 5.58 Å². The van der Waals surface area contributed by atoms with Crippen LogP contribution in [-0.4, -0.2) is 47.5 Å². The fourth-order valence-corrected chi connectivity index (χ4v) is 6.39. The third-order valence-corrected chi connectivity index (χ3v) is 8.31. The van der Waals surface area contributed by atoms with Crippen LogP contribution in [0, 0.1) is 5.92 Å². The van der Waals surface area contributed by atoms with E-state index < -0.39 is 15.3 Å². The molecule has 1 N–H and O–H groups in total. The Morgan fingerprint density at radius 2 is 1.93 bits per heavy atom. The van der Waals surface area contributed by atoms with Gasteiger partial charge in [0.05, 0.1) is 11.5 Å². The van der Waals surface area contributed by atoms with Crippen LogP contribution in [0.1, 0.15) is 57.9 Å². The number of carbonyl (C=O) groups excluding carboxylic acids is 1. The number of rotatable bonds is 4. The molecule has 2 aliphatic rings. The number of sulfonamides is 1. The van der Waals surface area contributed by atoms with Crippen LogP contribution >= 0.6 is 0 Å². The number of hydrogen-bond acceptors (Lipinski definition) is 5. The van der Waals surface area contributed by atoms with Crippen molar-refractivity contribution in [2.45, 2.75) is 63.2 Å². The Kier molecular flexibility index (Phi) is 5.19. The van der Waals surface area contributed by atoms with E-state index in [1.165, 1.54) is 0 Å². The molecule has 1 saturated heterocycles. The molecule has 2 aromatic heterocycles. The Morgan fingerprint density at radius 1 is 1.24 bits per heavy atom. The topological polar surface area (TPSA) is 92.5 Å². The molecule has 0 radical (unpaired) electrons. The number of nitrogens with zero attached hydrogens (tertiary/aromatic N) is 2. The first-order valence-electron chi connectivity index (χ1n) is 10.3. The monoisotopic (exact) mass is 419 g/mol. The highest BCUT2D eigenvalue weighted by Gasteiger charge is 2.46. The molecule has 158 valence electrons. The molecule has 3 heterocycles. The number of nitrogens with one attached hydrogen (secondary N) is 1. The Labute approximate surface area is 171 Å². The van der Waals surface area contributed by atoms with Crippen molar-refractivity contribution in [3.05, 3.63) is 30.2 Å². The highest BCUT2D eigenvalue weighted by Crippen LogP contribution is 2.38. The fraction of sp³-hybridized carbons (Fsp3) is 0.619. The molecule has 0 aromatic carbocycles. The summed E-state index contributed by atoms with van der Waals surface area (Å²) in [4.78, 5) is 16.7. The summed E-state index contributed by atoms with van der Waals surface area (Å²) >= 11 is 0. The first kappa shape index (κ1) is 20.3. The van der Waals surface area contributed by atoms with E-state index in [1.54, 1.807) is 16.8 Å². The second-order valence-corrected chi connectivity index (χ2v) is 11.5. The molecule has 0 atom stereocenters. The molecule has 29 heavy (non-hydrogen) atoms. The van der Waals surface area contributed by atoms with E-state index in [0.29, 0.717) is 25.9 Å². The Hall–Kier alpha value is -1.93. The van der Waals surface area contributed by atoms with Crippen LogP contribution in [0.15, 0.2) is 29.0 Å². The largest absolute Gasteiger partial charge is 0.462 e. The zero-order valence-corrected chi connectivity index (χ0v) is 18.0. The molecule has 2 aromatic rings. The van der Waals surface area contributed by atoms with Gasteiger partial charge in [0, 0.05) is 36.3 Å². The minimum Gasteiger partial charge on any atom is -0.462 e. The standard InChI is InChI=1S/C21H29N3O4S/c1-21(2,3)23-20(25)15-11-16(12-15)29(26,27)24-9-6-14(7-10-24)17-13-28-18-5-4-8-22-19(17)18/h4-5,8,13-16H,6-7,9-12H2,1-3H3,(H,23,25). The second-order valence-electron chi connectivity index (χ2n) is 9.29. The Morgan fingerprint density at radius 3 is 2.59 bits per heavy atom. The quantitative estimate of drug-likeness (QED) is 0.822. The molecular formula is C21H29N3O4S. The summed E-state index contributed by atoms with van der Waals surface area (Å²) in [6, 6.07) is 3.74. The third-order valence-electron chi connectivity index (χ3n) is 6.00. The van der Waals surface area contributed by atoms with Gasteiger partial charge in [-0.3, -0.25) is 9.78 Å². The predicted molar refractivity (Wildman–Crippen MR) is 111 cm³/mol. The molecule has 7 nitrogen and oxygen atoms in total. The molecular weight excluding hydrogens is 390 g/mol. The lowest BCUT2D eigenvalue weighted by molar-refractivity contribution is -0.128. The summed E-state index contributed by atoms with van der Waals surface area (Å²) in [5.74, 6) is 0.0150. The van der Waals surface area contributed by atoms with Gasteiger partial charge in [-0.15, -0.1) is 0 Å². The van der Waals surface area contributed by atoms with Gasteiger partial charge in [-0.25, -0.2) is 12.7 Å². The van der Waals surface area contributed by atoms with E-state index in [9.17, 15) is 13.2 Å².